The predicted octanol–water partition coefficient (Wildman–Crippen LogP) is 5.09. The Labute approximate surface area is 212 Å². The number of rotatable bonds is 8. The van der Waals surface area contributed by atoms with Crippen LogP contribution in [0.5, 0.6) is 0 Å². The van der Waals surface area contributed by atoms with Crippen molar-refractivity contribution in [3.05, 3.63) is 92.5 Å². The molecule has 0 radical (unpaired) electrons. The molecule has 0 aliphatic carbocycles. The number of thiazole rings is 1. The van der Waals surface area contributed by atoms with Crippen LogP contribution in [-0.2, 0) is 16.6 Å². The molecule has 7 nitrogen and oxygen atoms in total. The molecule has 0 aliphatic rings. The average Bonchev–Trinajstić information content (AvgIpc) is 3.14. The lowest BCUT2D eigenvalue weighted by molar-refractivity contribution is 0.0940. The molecule has 0 fully saturated rings. The molecule has 4 aromatic rings. The average molecular weight is 530 g/mol. The van der Waals surface area contributed by atoms with Crippen LogP contribution in [0.2, 0.25) is 5.02 Å². The monoisotopic (exact) mass is 529 g/mol. The molecular weight excluding hydrogens is 506 g/mol. The molecule has 1 amide bonds. The number of hydrogen-bond donors (Lipinski definition) is 2. The number of nitrogens with zero attached hydrogens (tertiary/aromatic N) is 1. The minimum absolute atomic E-state index is 0.00622. The Bertz CT molecular complexity index is 1560. The summed E-state index contributed by atoms with van der Waals surface area (Å²) in [5.41, 5.74) is 1.82. The van der Waals surface area contributed by atoms with Gasteiger partial charge in [0.25, 0.3) is 15.9 Å². The highest BCUT2D eigenvalue weighted by molar-refractivity contribution is 7.92. The Morgan fingerprint density at radius 1 is 1.09 bits per heavy atom. The first-order valence-electron chi connectivity index (χ1n) is 11.0. The smallest absolute Gasteiger partial charge is 0.308 e. The maximum absolute atomic E-state index is 13.2. The van der Waals surface area contributed by atoms with Crippen LogP contribution >= 0.6 is 22.9 Å². The number of carbonyl (C=O) groups excluding carboxylic acids is 1. The van der Waals surface area contributed by atoms with Crippen molar-refractivity contribution < 1.29 is 13.2 Å². The van der Waals surface area contributed by atoms with E-state index in [1.165, 1.54) is 12.1 Å². The third-order valence-corrected chi connectivity index (χ3v) is 8.32. The molecule has 0 saturated carbocycles. The fraction of sp³-hybridized carbons (Fsp3) is 0.200. The van der Waals surface area contributed by atoms with E-state index >= 15 is 0 Å². The van der Waals surface area contributed by atoms with E-state index in [0.717, 1.165) is 23.3 Å². The van der Waals surface area contributed by atoms with Gasteiger partial charge in [-0.15, -0.1) is 0 Å². The number of aromatic nitrogens is 1. The number of nitrogens with one attached hydrogen (secondary N) is 2. The molecule has 0 aliphatic heterocycles. The maximum atomic E-state index is 13.2. The molecule has 10 heteroatoms. The van der Waals surface area contributed by atoms with Gasteiger partial charge in [0.05, 0.1) is 32.9 Å². The Morgan fingerprint density at radius 3 is 2.54 bits per heavy atom. The highest BCUT2D eigenvalue weighted by Crippen LogP contribution is 2.26. The molecular formula is C25H24ClN3O4S2. The summed E-state index contributed by atoms with van der Waals surface area (Å²) in [5, 5.41) is 3.40. The van der Waals surface area contributed by atoms with Crippen molar-refractivity contribution in [2.75, 3.05) is 4.72 Å². The van der Waals surface area contributed by atoms with Crippen LogP contribution in [0.15, 0.2) is 76.4 Å². The van der Waals surface area contributed by atoms with E-state index in [1.54, 1.807) is 41.0 Å². The summed E-state index contributed by atoms with van der Waals surface area (Å²) in [4.78, 5) is 25.1. The second-order valence-corrected chi connectivity index (χ2v) is 11.2. The third-order valence-electron chi connectivity index (χ3n) is 5.64. The van der Waals surface area contributed by atoms with E-state index in [0.29, 0.717) is 15.2 Å². The lowest BCUT2D eigenvalue weighted by Crippen LogP contribution is -2.32. The summed E-state index contributed by atoms with van der Waals surface area (Å²) >= 11 is 7.22. The summed E-state index contributed by atoms with van der Waals surface area (Å²) in [6.45, 7) is 4.11. The van der Waals surface area contributed by atoms with Gasteiger partial charge >= 0.3 is 4.87 Å². The lowest BCUT2D eigenvalue weighted by atomic mass is 10.1. The molecule has 0 unspecified atom stereocenters. The van der Waals surface area contributed by atoms with Crippen molar-refractivity contribution in [2.24, 2.45) is 0 Å². The van der Waals surface area contributed by atoms with Crippen molar-refractivity contribution in [2.45, 2.75) is 37.8 Å². The van der Waals surface area contributed by atoms with Crippen LogP contribution in [0, 0.1) is 0 Å². The largest absolute Gasteiger partial charge is 0.350 e. The summed E-state index contributed by atoms with van der Waals surface area (Å²) in [5.74, 6) is -0.358. The van der Waals surface area contributed by atoms with Gasteiger partial charge in [-0.3, -0.25) is 18.9 Å². The lowest BCUT2D eigenvalue weighted by Gasteiger charge is -2.15. The van der Waals surface area contributed by atoms with Crippen molar-refractivity contribution in [1.29, 1.82) is 0 Å². The molecule has 0 saturated heterocycles. The molecule has 1 atom stereocenters. The van der Waals surface area contributed by atoms with Gasteiger partial charge in [-0.2, -0.15) is 0 Å². The number of hydrogen-bond acceptors (Lipinski definition) is 5. The first-order chi connectivity index (χ1) is 16.7. The number of benzene rings is 3. The summed E-state index contributed by atoms with van der Waals surface area (Å²) in [7, 11) is -4.02. The first kappa shape index (κ1) is 25.0. The van der Waals surface area contributed by atoms with Gasteiger partial charge in [-0.25, -0.2) is 8.42 Å². The molecule has 1 aromatic heterocycles. The second kappa shape index (κ2) is 10.2. The van der Waals surface area contributed by atoms with Crippen LogP contribution in [0.1, 0.15) is 36.2 Å². The molecule has 4 rings (SSSR count). The Morgan fingerprint density at radius 2 is 1.80 bits per heavy atom. The van der Waals surface area contributed by atoms with Gasteiger partial charge in [-0.1, -0.05) is 60.2 Å². The highest BCUT2D eigenvalue weighted by atomic mass is 35.5. The van der Waals surface area contributed by atoms with E-state index < -0.39 is 10.0 Å². The molecule has 2 N–H and O–H groups in total. The van der Waals surface area contributed by atoms with Gasteiger partial charge in [0.1, 0.15) is 0 Å². The van der Waals surface area contributed by atoms with Gasteiger partial charge in [0.15, 0.2) is 0 Å². The number of amides is 1. The van der Waals surface area contributed by atoms with Crippen LogP contribution < -0.4 is 14.9 Å². The van der Waals surface area contributed by atoms with E-state index in [4.69, 9.17) is 11.6 Å². The van der Waals surface area contributed by atoms with Gasteiger partial charge in [0.2, 0.25) is 0 Å². The number of halogens is 1. The standard InChI is InChI=1S/C25H24ClN3O4S2/c1-3-16(2)27-24(30)19-9-5-7-11-21(19)28-35(32,33)18-12-13-22-23(14-18)34-25(31)29(22)15-17-8-4-6-10-20(17)26/h4-14,16,28H,3,15H2,1-2H3,(H,27,30)/t16-/m0/s1. The topological polar surface area (TPSA) is 97.3 Å². The molecule has 0 spiro atoms. The van der Waals surface area contributed by atoms with E-state index in [-0.39, 0.29) is 39.5 Å². The molecule has 1 heterocycles. The number of fused-ring (bicyclic) bond motifs is 1. The zero-order valence-corrected chi connectivity index (χ0v) is 21.5. The summed E-state index contributed by atoms with van der Waals surface area (Å²) in [6.07, 6.45) is 0.749. The fourth-order valence-electron chi connectivity index (χ4n) is 3.54. The minimum atomic E-state index is -4.02. The van der Waals surface area contributed by atoms with E-state index in [9.17, 15) is 18.0 Å². The van der Waals surface area contributed by atoms with Crippen LogP contribution in [0.25, 0.3) is 10.2 Å². The van der Waals surface area contributed by atoms with Gasteiger partial charge in [-0.05, 0) is 55.3 Å². The zero-order chi connectivity index (χ0) is 25.2. The normalized spacial score (nSPS) is 12.4. The third kappa shape index (κ3) is 5.42. The van der Waals surface area contributed by atoms with Crippen molar-refractivity contribution in [1.82, 2.24) is 9.88 Å². The summed E-state index contributed by atoms with van der Waals surface area (Å²) in [6, 6.07) is 18.2. The van der Waals surface area contributed by atoms with Crippen molar-refractivity contribution in [3.8, 4) is 0 Å². The number of sulfonamides is 1. The molecule has 3 aromatic carbocycles. The van der Waals surface area contributed by atoms with E-state index in [2.05, 4.69) is 10.0 Å². The number of carbonyl (C=O) groups is 1. The van der Waals surface area contributed by atoms with Gasteiger partial charge < -0.3 is 5.32 Å². The molecule has 35 heavy (non-hydrogen) atoms. The van der Waals surface area contributed by atoms with Crippen molar-refractivity contribution in [3.63, 3.8) is 0 Å². The quantitative estimate of drug-likeness (QED) is 0.332. The van der Waals surface area contributed by atoms with Crippen LogP contribution in [0.3, 0.4) is 0 Å². The summed E-state index contributed by atoms with van der Waals surface area (Å²) < 4.78 is 31.0. The van der Waals surface area contributed by atoms with Crippen molar-refractivity contribution >= 4 is 54.8 Å². The SMILES string of the molecule is CC[C@H](C)NC(=O)c1ccccc1NS(=O)(=O)c1ccc2c(c1)sc(=O)n2Cc1ccccc1Cl. The molecule has 182 valence electrons. The Kier molecular flexibility index (Phi) is 7.30. The highest BCUT2D eigenvalue weighted by Gasteiger charge is 2.21. The first-order valence-corrected chi connectivity index (χ1v) is 13.7. The number of para-hydroxylation sites is 1. The Hall–Kier alpha value is -3.14. The van der Waals surface area contributed by atoms with Crippen LogP contribution in [-0.4, -0.2) is 24.9 Å². The predicted molar refractivity (Wildman–Crippen MR) is 141 cm³/mol. The van der Waals surface area contributed by atoms with Gasteiger partial charge in [0, 0.05) is 11.1 Å². The Balaban J connectivity index is 1.65. The number of anilines is 1. The minimum Gasteiger partial charge on any atom is -0.350 e. The molecule has 0 bridgehead atoms. The second-order valence-electron chi connectivity index (χ2n) is 8.11. The van der Waals surface area contributed by atoms with E-state index in [1.807, 2.05) is 32.0 Å². The zero-order valence-electron chi connectivity index (χ0n) is 19.1. The maximum Gasteiger partial charge on any atom is 0.308 e. The van der Waals surface area contributed by atoms with Crippen LogP contribution in [0.4, 0.5) is 5.69 Å². The fourth-order valence-corrected chi connectivity index (χ4v) is 5.84.